The molecule has 0 saturated heterocycles. The molecule has 0 radical (unpaired) electrons. The Bertz CT molecular complexity index is 419. The van der Waals surface area contributed by atoms with Crippen LogP contribution in [0.5, 0.6) is 5.75 Å². The number of halogens is 4. The minimum Gasteiger partial charge on any atom is -0.493 e. The van der Waals surface area contributed by atoms with E-state index in [0.717, 1.165) is 6.07 Å². The standard InChI is InChI=1S/C10H9F4NOS/c11-8-5-6(1-2-7(8)9(15)17)16-4-3-10(12,13)14/h1-2,5H,3-4H2,(H2,15,17). The zero-order chi connectivity index (χ0) is 13.1. The molecule has 1 aromatic carbocycles. The van der Waals surface area contributed by atoms with Crippen LogP contribution >= 0.6 is 12.2 Å². The highest BCUT2D eigenvalue weighted by Crippen LogP contribution is 2.21. The summed E-state index contributed by atoms with van der Waals surface area (Å²) in [4.78, 5) is -0.121. The molecule has 0 bridgehead atoms. The summed E-state index contributed by atoms with van der Waals surface area (Å²) < 4.78 is 53.5. The van der Waals surface area contributed by atoms with E-state index in [2.05, 4.69) is 12.2 Å². The molecule has 0 amide bonds. The summed E-state index contributed by atoms with van der Waals surface area (Å²) in [6.07, 6.45) is -5.39. The van der Waals surface area contributed by atoms with Gasteiger partial charge in [0, 0.05) is 11.6 Å². The second-order valence-electron chi connectivity index (χ2n) is 3.22. The van der Waals surface area contributed by atoms with Crippen molar-refractivity contribution in [3.63, 3.8) is 0 Å². The van der Waals surface area contributed by atoms with Gasteiger partial charge in [0.15, 0.2) is 0 Å². The molecule has 1 rings (SSSR count). The van der Waals surface area contributed by atoms with Gasteiger partial charge in [-0.1, -0.05) is 12.2 Å². The minimum absolute atomic E-state index is 0.00625. The largest absolute Gasteiger partial charge is 0.493 e. The minimum atomic E-state index is -4.29. The number of hydrogen-bond acceptors (Lipinski definition) is 2. The van der Waals surface area contributed by atoms with Gasteiger partial charge in [-0.15, -0.1) is 0 Å². The molecule has 0 spiro atoms. The lowest BCUT2D eigenvalue weighted by molar-refractivity contribution is -0.139. The van der Waals surface area contributed by atoms with E-state index < -0.39 is 25.0 Å². The Balaban J connectivity index is 2.62. The third kappa shape index (κ3) is 4.56. The predicted octanol–water partition coefficient (Wildman–Crippen LogP) is 2.79. The molecule has 0 heterocycles. The van der Waals surface area contributed by atoms with E-state index in [1.165, 1.54) is 12.1 Å². The van der Waals surface area contributed by atoms with E-state index in [9.17, 15) is 17.6 Å². The van der Waals surface area contributed by atoms with E-state index in [1.807, 2.05) is 0 Å². The first-order chi connectivity index (χ1) is 7.79. The van der Waals surface area contributed by atoms with Crippen LogP contribution in [0.25, 0.3) is 0 Å². The molecular formula is C10H9F4NOS. The smallest absolute Gasteiger partial charge is 0.392 e. The van der Waals surface area contributed by atoms with Crippen molar-refractivity contribution < 1.29 is 22.3 Å². The van der Waals surface area contributed by atoms with Crippen molar-refractivity contribution in [3.8, 4) is 5.75 Å². The zero-order valence-corrected chi connectivity index (χ0v) is 9.37. The van der Waals surface area contributed by atoms with Crippen LogP contribution in [-0.4, -0.2) is 17.8 Å². The lowest BCUT2D eigenvalue weighted by atomic mass is 10.2. The van der Waals surface area contributed by atoms with Crippen molar-refractivity contribution >= 4 is 17.2 Å². The molecule has 0 saturated carbocycles. The van der Waals surface area contributed by atoms with Crippen LogP contribution in [0.2, 0.25) is 0 Å². The van der Waals surface area contributed by atoms with Crippen LogP contribution < -0.4 is 10.5 Å². The fourth-order valence-electron chi connectivity index (χ4n) is 1.07. The Labute approximate surface area is 100 Å². The molecule has 7 heteroatoms. The van der Waals surface area contributed by atoms with Crippen molar-refractivity contribution in [2.24, 2.45) is 5.73 Å². The highest BCUT2D eigenvalue weighted by Gasteiger charge is 2.26. The Morgan fingerprint density at radius 3 is 2.47 bits per heavy atom. The zero-order valence-electron chi connectivity index (χ0n) is 8.55. The number of thiocarbonyl (C=S) groups is 1. The summed E-state index contributed by atoms with van der Waals surface area (Å²) in [6.45, 7) is -0.560. The topological polar surface area (TPSA) is 35.2 Å². The summed E-state index contributed by atoms with van der Waals surface area (Å²) in [5.74, 6) is -0.714. The molecule has 0 unspecified atom stereocenters. The Kier molecular flexibility index (Phi) is 4.28. The van der Waals surface area contributed by atoms with E-state index >= 15 is 0 Å². The van der Waals surface area contributed by atoms with E-state index in [-0.39, 0.29) is 16.3 Å². The molecule has 0 aliphatic heterocycles. The van der Waals surface area contributed by atoms with Crippen molar-refractivity contribution in [2.75, 3.05) is 6.61 Å². The number of benzene rings is 1. The summed E-state index contributed by atoms with van der Waals surface area (Å²) in [6, 6.07) is 3.53. The maximum atomic E-state index is 13.3. The number of rotatable bonds is 4. The average Bonchev–Trinajstić information content (AvgIpc) is 2.15. The van der Waals surface area contributed by atoms with Gasteiger partial charge in [0.05, 0.1) is 13.0 Å². The third-order valence-corrected chi connectivity index (χ3v) is 2.08. The Morgan fingerprint density at radius 2 is 2.00 bits per heavy atom. The van der Waals surface area contributed by atoms with Crippen LogP contribution in [0.15, 0.2) is 18.2 Å². The maximum absolute atomic E-state index is 13.3. The molecule has 0 aliphatic carbocycles. The van der Waals surface area contributed by atoms with Gasteiger partial charge in [-0.2, -0.15) is 13.2 Å². The molecule has 0 aliphatic rings. The molecule has 0 fully saturated rings. The van der Waals surface area contributed by atoms with Gasteiger partial charge in [-0.25, -0.2) is 4.39 Å². The van der Waals surface area contributed by atoms with Gasteiger partial charge in [-0.3, -0.25) is 0 Å². The molecule has 0 atom stereocenters. The van der Waals surface area contributed by atoms with Crippen LogP contribution in [0.4, 0.5) is 17.6 Å². The highest BCUT2D eigenvalue weighted by atomic mass is 32.1. The van der Waals surface area contributed by atoms with E-state index in [0.29, 0.717) is 0 Å². The number of alkyl halides is 3. The first-order valence-electron chi connectivity index (χ1n) is 4.58. The number of hydrogen-bond donors (Lipinski definition) is 1. The Morgan fingerprint density at radius 1 is 1.35 bits per heavy atom. The lowest BCUT2D eigenvalue weighted by Crippen LogP contribution is -2.14. The van der Waals surface area contributed by atoms with Gasteiger partial charge >= 0.3 is 6.18 Å². The van der Waals surface area contributed by atoms with Crippen molar-refractivity contribution in [3.05, 3.63) is 29.6 Å². The summed E-state index contributed by atoms with van der Waals surface area (Å²) in [5.41, 5.74) is 5.25. The van der Waals surface area contributed by atoms with Gasteiger partial charge < -0.3 is 10.5 Å². The first-order valence-corrected chi connectivity index (χ1v) is 4.99. The Hall–Kier alpha value is -1.37. The van der Waals surface area contributed by atoms with Crippen LogP contribution in [0.1, 0.15) is 12.0 Å². The van der Waals surface area contributed by atoms with Crippen molar-refractivity contribution in [1.29, 1.82) is 0 Å². The van der Waals surface area contributed by atoms with E-state index in [4.69, 9.17) is 10.5 Å². The fraction of sp³-hybridized carbons (Fsp3) is 0.300. The van der Waals surface area contributed by atoms with E-state index in [1.54, 1.807) is 0 Å². The maximum Gasteiger partial charge on any atom is 0.392 e. The second-order valence-corrected chi connectivity index (χ2v) is 3.66. The van der Waals surface area contributed by atoms with Gasteiger partial charge in [0.25, 0.3) is 0 Å². The monoisotopic (exact) mass is 267 g/mol. The molecule has 0 aromatic heterocycles. The number of nitrogens with two attached hydrogens (primary N) is 1. The molecule has 2 nitrogen and oxygen atoms in total. The number of ether oxygens (including phenoxy) is 1. The van der Waals surface area contributed by atoms with Crippen LogP contribution in [-0.2, 0) is 0 Å². The van der Waals surface area contributed by atoms with Crippen LogP contribution in [0, 0.1) is 5.82 Å². The normalized spacial score (nSPS) is 11.3. The lowest BCUT2D eigenvalue weighted by Gasteiger charge is -2.09. The molecular weight excluding hydrogens is 258 g/mol. The van der Waals surface area contributed by atoms with Gasteiger partial charge in [-0.05, 0) is 12.1 Å². The third-order valence-electron chi connectivity index (χ3n) is 1.86. The van der Waals surface area contributed by atoms with Crippen molar-refractivity contribution in [1.82, 2.24) is 0 Å². The summed E-state index contributed by atoms with van der Waals surface area (Å²) in [7, 11) is 0. The molecule has 94 valence electrons. The average molecular weight is 267 g/mol. The van der Waals surface area contributed by atoms with Crippen LogP contribution in [0.3, 0.4) is 0 Å². The quantitative estimate of drug-likeness (QED) is 0.673. The first kappa shape index (κ1) is 13.7. The highest BCUT2D eigenvalue weighted by molar-refractivity contribution is 7.80. The second kappa shape index (κ2) is 5.31. The fourth-order valence-corrected chi connectivity index (χ4v) is 1.24. The molecule has 1 aromatic rings. The molecule has 2 N–H and O–H groups in total. The summed E-state index contributed by atoms with van der Waals surface area (Å²) >= 11 is 4.58. The summed E-state index contributed by atoms with van der Waals surface area (Å²) in [5, 5.41) is 0. The van der Waals surface area contributed by atoms with Gasteiger partial charge in [0.2, 0.25) is 0 Å². The predicted molar refractivity (Wildman–Crippen MR) is 58.5 cm³/mol. The van der Waals surface area contributed by atoms with Crippen molar-refractivity contribution in [2.45, 2.75) is 12.6 Å². The SMILES string of the molecule is NC(=S)c1ccc(OCCC(F)(F)F)cc1F. The molecule has 17 heavy (non-hydrogen) atoms. The van der Waals surface area contributed by atoms with Gasteiger partial charge in [0.1, 0.15) is 16.6 Å².